The fourth-order valence-electron chi connectivity index (χ4n) is 2.29. The number of carboxylic acid groups (broad SMARTS) is 1. The zero-order valence-electron chi connectivity index (χ0n) is 11.5. The van der Waals surface area contributed by atoms with Gasteiger partial charge in [0.1, 0.15) is 0 Å². The second-order valence-corrected chi connectivity index (χ2v) is 5.43. The van der Waals surface area contributed by atoms with E-state index in [1.165, 1.54) is 12.8 Å². The van der Waals surface area contributed by atoms with Gasteiger partial charge in [-0.15, -0.1) is 0 Å². The maximum Gasteiger partial charge on any atom is 0.335 e. The lowest BCUT2D eigenvalue weighted by atomic mass is 10.0. The van der Waals surface area contributed by atoms with Crippen molar-refractivity contribution < 1.29 is 14.6 Å². The molecule has 4 heteroatoms. The van der Waals surface area contributed by atoms with E-state index >= 15 is 0 Å². The summed E-state index contributed by atoms with van der Waals surface area (Å²) >= 11 is 0. The number of benzene rings is 1. The topological polar surface area (TPSA) is 58.6 Å². The van der Waals surface area contributed by atoms with Gasteiger partial charge in [-0.3, -0.25) is 0 Å². The summed E-state index contributed by atoms with van der Waals surface area (Å²) in [5.74, 6) is -0.881. The molecule has 1 fully saturated rings. The van der Waals surface area contributed by atoms with Gasteiger partial charge in [-0.1, -0.05) is 0 Å². The number of rotatable bonds is 7. The van der Waals surface area contributed by atoms with E-state index in [-0.39, 0.29) is 0 Å². The van der Waals surface area contributed by atoms with Crippen molar-refractivity contribution in [2.24, 2.45) is 5.41 Å². The Labute approximate surface area is 113 Å². The first-order chi connectivity index (χ1) is 9.06. The van der Waals surface area contributed by atoms with Gasteiger partial charge < -0.3 is 15.2 Å². The van der Waals surface area contributed by atoms with Crippen molar-refractivity contribution in [1.29, 1.82) is 0 Å². The molecular formula is C15H21NO3. The zero-order valence-corrected chi connectivity index (χ0v) is 11.5. The van der Waals surface area contributed by atoms with Gasteiger partial charge in [0, 0.05) is 25.9 Å². The van der Waals surface area contributed by atoms with Gasteiger partial charge in [0.25, 0.3) is 0 Å². The lowest BCUT2D eigenvalue weighted by molar-refractivity contribution is 0.0697. The van der Waals surface area contributed by atoms with Gasteiger partial charge in [0.15, 0.2) is 0 Å². The van der Waals surface area contributed by atoms with E-state index in [9.17, 15) is 4.79 Å². The SMILES string of the molecule is COCCC1(CNc2ccc(C(=O)O)cc2C)CC1. The lowest BCUT2D eigenvalue weighted by Crippen LogP contribution is -2.17. The van der Waals surface area contributed by atoms with Gasteiger partial charge in [0.2, 0.25) is 0 Å². The third-order valence-corrected chi connectivity index (χ3v) is 3.92. The summed E-state index contributed by atoms with van der Waals surface area (Å²) in [6.07, 6.45) is 3.58. The summed E-state index contributed by atoms with van der Waals surface area (Å²) in [4.78, 5) is 10.9. The Morgan fingerprint density at radius 2 is 2.21 bits per heavy atom. The number of ether oxygens (including phenoxy) is 1. The normalized spacial score (nSPS) is 16.1. The predicted molar refractivity (Wildman–Crippen MR) is 74.8 cm³/mol. The number of hydrogen-bond acceptors (Lipinski definition) is 3. The van der Waals surface area contributed by atoms with Crippen LogP contribution in [-0.4, -0.2) is 31.3 Å². The Balaban J connectivity index is 1.95. The number of methoxy groups -OCH3 is 1. The summed E-state index contributed by atoms with van der Waals surface area (Å²) in [7, 11) is 1.73. The Kier molecular flexibility index (Phi) is 4.10. The number of nitrogens with one attached hydrogen (secondary N) is 1. The van der Waals surface area contributed by atoms with E-state index in [0.717, 1.165) is 30.8 Å². The molecule has 104 valence electrons. The first-order valence-electron chi connectivity index (χ1n) is 6.63. The molecular weight excluding hydrogens is 242 g/mol. The summed E-state index contributed by atoms with van der Waals surface area (Å²) in [5, 5.41) is 12.4. The number of aromatic carboxylic acids is 1. The van der Waals surface area contributed by atoms with Crippen molar-refractivity contribution in [3.63, 3.8) is 0 Å². The second-order valence-electron chi connectivity index (χ2n) is 5.43. The van der Waals surface area contributed by atoms with Crippen LogP contribution in [0.1, 0.15) is 35.2 Å². The maximum absolute atomic E-state index is 10.9. The van der Waals surface area contributed by atoms with Crippen LogP contribution in [0, 0.1) is 12.3 Å². The number of carbonyl (C=O) groups is 1. The van der Waals surface area contributed by atoms with E-state index in [2.05, 4.69) is 5.32 Å². The van der Waals surface area contributed by atoms with Gasteiger partial charge in [0.05, 0.1) is 5.56 Å². The van der Waals surface area contributed by atoms with Crippen LogP contribution in [0.4, 0.5) is 5.69 Å². The highest BCUT2D eigenvalue weighted by atomic mass is 16.5. The van der Waals surface area contributed by atoms with Gasteiger partial charge in [-0.05, 0) is 55.4 Å². The fourth-order valence-corrected chi connectivity index (χ4v) is 2.29. The molecule has 0 heterocycles. The summed E-state index contributed by atoms with van der Waals surface area (Å²) in [6.45, 7) is 3.67. The monoisotopic (exact) mass is 263 g/mol. The van der Waals surface area contributed by atoms with Crippen LogP contribution in [-0.2, 0) is 4.74 Å². The molecule has 0 saturated heterocycles. The van der Waals surface area contributed by atoms with Crippen LogP contribution in [0.3, 0.4) is 0 Å². The van der Waals surface area contributed by atoms with Crippen molar-refractivity contribution in [3.05, 3.63) is 29.3 Å². The highest BCUT2D eigenvalue weighted by molar-refractivity contribution is 5.88. The van der Waals surface area contributed by atoms with Crippen molar-refractivity contribution in [2.75, 3.05) is 25.6 Å². The first-order valence-corrected chi connectivity index (χ1v) is 6.63. The van der Waals surface area contributed by atoms with E-state index in [1.54, 1.807) is 19.2 Å². The third kappa shape index (κ3) is 3.47. The van der Waals surface area contributed by atoms with Crippen LogP contribution in [0.15, 0.2) is 18.2 Å². The van der Waals surface area contributed by atoms with Crippen LogP contribution >= 0.6 is 0 Å². The van der Waals surface area contributed by atoms with Crippen molar-refractivity contribution in [1.82, 2.24) is 0 Å². The molecule has 0 amide bonds. The molecule has 0 radical (unpaired) electrons. The smallest absolute Gasteiger partial charge is 0.335 e. The Hall–Kier alpha value is -1.55. The second kappa shape index (κ2) is 5.61. The fraction of sp³-hybridized carbons (Fsp3) is 0.533. The summed E-state index contributed by atoms with van der Waals surface area (Å²) in [6, 6.07) is 5.21. The number of anilines is 1. The zero-order chi connectivity index (χ0) is 13.9. The average molecular weight is 263 g/mol. The highest BCUT2D eigenvalue weighted by Gasteiger charge is 2.41. The summed E-state index contributed by atoms with van der Waals surface area (Å²) < 4.78 is 5.14. The molecule has 2 N–H and O–H groups in total. The van der Waals surface area contributed by atoms with Crippen molar-refractivity contribution in [2.45, 2.75) is 26.2 Å². The molecule has 1 aliphatic carbocycles. The third-order valence-electron chi connectivity index (χ3n) is 3.92. The van der Waals surface area contributed by atoms with Gasteiger partial charge in [-0.25, -0.2) is 4.79 Å². The molecule has 1 aliphatic rings. The van der Waals surface area contributed by atoms with Crippen molar-refractivity contribution >= 4 is 11.7 Å². The maximum atomic E-state index is 10.9. The number of aryl methyl sites for hydroxylation is 1. The van der Waals surface area contributed by atoms with E-state index in [4.69, 9.17) is 9.84 Å². The molecule has 1 aromatic carbocycles. The standard InChI is InChI=1S/C15H21NO3/c1-11-9-12(14(17)18)3-4-13(11)16-10-15(5-6-15)7-8-19-2/h3-4,9,16H,5-8,10H2,1-2H3,(H,17,18). The van der Waals surface area contributed by atoms with Crippen LogP contribution in [0.5, 0.6) is 0 Å². The largest absolute Gasteiger partial charge is 0.478 e. The van der Waals surface area contributed by atoms with Crippen LogP contribution < -0.4 is 5.32 Å². The molecule has 2 rings (SSSR count). The summed E-state index contributed by atoms with van der Waals surface area (Å²) in [5.41, 5.74) is 2.72. The molecule has 1 aromatic rings. The Morgan fingerprint density at radius 3 is 2.74 bits per heavy atom. The Bertz CT molecular complexity index is 466. The molecule has 1 saturated carbocycles. The van der Waals surface area contributed by atoms with E-state index in [0.29, 0.717) is 11.0 Å². The molecule has 0 aromatic heterocycles. The minimum atomic E-state index is -0.881. The quantitative estimate of drug-likeness (QED) is 0.794. The molecule has 4 nitrogen and oxygen atoms in total. The Morgan fingerprint density at radius 1 is 1.47 bits per heavy atom. The van der Waals surface area contributed by atoms with E-state index < -0.39 is 5.97 Å². The minimum Gasteiger partial charge on any atom is -0.478 e. The first kappa shape index (κ1) is 13.9. The molecule has 0 aliphatic heterocycles. The average Bonchev–Trinajstić information content (AvgIpc) is 3.15. The van der Waals surface area contributed by atoms with Gasteiger partial charge >= 0.3 is 5.97 Å². The van der Waals surface area contributed by atoms with E-state index in [1.807, 2.05) is 13.0 Å². The molecule has 0 atom stereocenters. The molecule has 19 heavy (non-hydrogen) atoms. The van der Waals surface area contributed by atoms with Gasteiger partial charge in [-0.2, -0.15) is 0 Å². The predicted octanol–water partition coefficient (Wildman–Crippen LogP) is 2.92. The number of carboxylic acids is 1. The molecule has 0 spiro atoms. The number of hydrogen-bond donors (Lipinski definition) is 2. The van der Waals surface area contributed by atoms with Crippen LogP contribution in [0.25, 0.3) is 0 Å². The lowest BCUT2D eigenvalue weighted by Gasteiger charge is -2.17. The molecule has 0 bridgehead atoms. The minimum absolute atomic E-state index is 0.337. The molecule has 0 unspecified atom stereocenters. The van der Waals surface area contributed by atoms with Crippen molar-refractivity contribution in [3.8, 4) is 0 Å². The highest BCUT2D eigenvalue weighted by Crippen LogP contribution is 2.48. The van der Waals surface area contributed by atoms with Crippen LogP contribution in [0.2, 0.25) is 0 Å².